The number of rotatable bonds is 5. The summed E-state index contributed by atoms with van der Waals surface area (Å²) in [7, 11) is 0. The molecule has 0 saturated heterocycles. The molecule has 6 rings (SSSR count). The van der Waals surface area contributed by atoms with Gasteiger partial charge in [-0.25, -0.2) is 0 Å². The zero-order valence-corrected chi connectivity index (χ0v) is 21.9. The van der Waals surface area contributed by atoms with Crippen molar-refractivity contribution in [1.82, 2.24) is 0 Å². The molecule has 0 unspecified atom stereocenters. The predicted molar refractivity (Wildman–Crippen MR) is 163 cm³/mol. The fraction of sp³-hybridized carbons (Fsp3) is 0.0526. The highest BCUT2D eigenvalue weighted by atomic mass is 14.2. The van der Waals surface area contributed by atoms with E-state index in [-0.39, 0.29) is 0 Å². The Morgan fingerprint density at radius 1 is 0.263 bits per heavy atom. The first-order chi connectivity index (χ1) is 18.7. The second-order valence-electron chi connectivity index (χ2n) is 9.98. The molecule has 0 amide bonds. The predicted octanol–water partition coefficient (Wildman–Crippen LogP) is 10.6. The van der Waals surface area contributed by atoms with E-state index in [4.69, 9.17) is 0 Å². The molecule has 0 heterocycles. The van der Waals surface area contributed by atoms with E-state index in [1.807, 2.05) is 0 Å². The van der Waals surface area contributed by atoms with Crippen LogP contribution in [0.5, 0.6) is 0 Å². The van der Waals surface area contributed by atoms with Crippen molar-refractivity contribution in [2.24, 2.45) is 0 Å². The van der Waals surface area contributed by atoms with Crippen LogP contribution in [0.1, 0.15) is 11.1 Å². The number of hydrogen-bond donors (Lipinski definition) is 0. The van der Waals surface area contributed by atoms with Gasteiger partial charge in [-0.3, -0.25) is 0 Å². The maximum absolute atomic E-state index is 2.31. The zero-order valence-electron chi connectivity index (χ0n) is 21.9. The third-order valence-electron chi connectivity index (χ3n) is 7.26. The maximum atomic E-state index is 2.31. The first-order valence-corrected chi connectivity index (χ1v) is 13.2. The molecule has 6 aromatic rings. The molecule has 0 bridgehead atoms. The first-order valence-electron chi connectivity index (χ1n) is 13.2. The third kappa shape index (κ3) is 4.82. The minimum Gasteiger partial charge on any atom is -0.0616 e. The van der Waals surface area contributed by atoms with Crippen molar-refractivity contribution in [3.05, 3.63) is 157 Å². The van der Waals surface area contributed by atoms with Crippen LogP contribution in [-0.2, 0) is 0 Å². The molecule has 0 fully saturated rings. The van der Waals surface area contributed by atoms with Crippen molar-refractivity contribution in [3.8, 4) is 55.6 Å². The van der Waals surface area contributed by atoms with Gasteiger partial charge in [-0.2, -0.15) is 0 Å². The van der Waals surface area contributed by atoms with Gasteiger partial charge in [0.25, 0.3) is 0 Å². The van der Waals surface area contributed by atoms with E-state index >= 15 is 0 Å². The lowest BCUT2D eigenvalue weighted by Gasteiger charge is -2.16. The van der Waals surface area contributed by atoms with E-state index in [0.29, 0.717) is 0 Å². The number of benzene rings is 6. The molecule has 0 aliphatic carbocycles. The zero-order chi connectivity index (χ0) is 25.9. The van der Waals surface area contributed by atoms with Crippen LogP contribution in [0.15, 0.2) is 146 Å². The molecule has 0 aromatic heterocycles. The average Bonchev–Trinajstić information content (AvgIpc) is 2.98. The lowest BCUT2D eigenvalue weighted by atomic mass is 9.88. The first kappa shape index (κ1) is 23.7. The van der Waals surface area contributed by atoms with Gasteiger partial charge in [0.1, 0.15) is 0 Å². The number of hydrogen-bond acceptors (Lipinski definition) is 0. The normalized spacial score (nSPS) is 10.9. The monoisotopic (exact) mass is 486 g/mol. The summed E-state index contributed by atoms with van der Waals surface area (Å²) < 4.78 is 0. The highest BCUT2D eigenvalue weighted by Crippen LogP contribution is 2.39. The highest BCUT2D eigenvalue weighted by Gasteiger charge is 2.13. The van der Waals surface area contributed by atoms with Gasteiger partial charge in [-0.1, -0.05) is 145 Å². The van der Waals surface area contributed by atoms with Gasteiger partial charge >= 0.3 is 0 Å². The van der Waals surface area contributed by atoms with E-state index in [9.17, 15) is 0 Å². The molecule has 0 spiro atoms. The molecule has 0 heteroatoms. The Morgan fingerprint density at radius 2 is 0.605 bits per heavy atom. The summed E-state index contributed by atoms with van der Waals surface area (Å²) in [5.74, 6) is 0. The standard InChI is InChI=1S/C38H30/c1-27-17-21-29(22-18-27)31-9-7-11-33(25-31)35-13-3-5-15-37(35)38-16-6-4-14-36(38)34-12-8-10-32(26-34)30-23-19-28(2)20-24-30/h3-26H,1-2H3. The van der Waals surface area contributed by atoms with Crippen molar-refractivity contribution in [3.63, 3.8) is 0 Å². The maximum Gasteiger partial charge on any atom is -0.00992 e. The van der Waals surface area contributed by atoms with E-state index in [0.717, 1.165) is 0 Å². The summed E-state index contributed by atoms with van der Waals surface area (Å²) in [6.07, 6.45) is 0. The van der Waals surface area contributed by atoms with Crippen molar-refractivity contribution >= 4 is 0 Å². The van der Waals surface area contributed by atoms with Crippen LogP contribution in [0.4, 0.5) is 0 Å². The van der Waals surface area contributed by atoms with Gasteiger partial charge < -0.3 is 0 Å². The second kappa shape index (κ2) is 10.4. The van der Waals surface area contributed by atoms with E-state index in [1.54, 1.807) is 0 Å². The third-order valence-corrected chi connectivity index (χ3v) is 7.26. The Kier molecular flexibility index (Phi) is 6.46. The molecule has 0 aliphatic rings. The van der Waals surface area contributed by atoms with Crippen molar-refractivity contribution in [1.29, 1.82) is 0 Å². The molecule has 0 saturated carbocycles. The van der Waals surface area contributed by atoms with Gasteiger partial charge in [0.2, 0.25) is 0 Å². The lowest BCUT2D eigenvalue weighted by Crippen LogP contribution is -1.90. The van der Waals surface area contributed by atoms with Gasteiger partial charge in [0, 0.05) is 0 Å². The molecule has 182 valence electrons. The highest BCUT2D eigenvalue weighted by molar-refractivity contribution is 5.93. The summed E-state index contributed by atoms with van der Waals surface area (Å²) in [6.45, 7) is 4.26. The Labute approximate surface area is 225 Å². The summed E-state index contributed by atoms with van der Waals surface area (Å²) in [6, 6.07) is 52.8. The Bertz CT molecular complexity index is 1570. The van der Waals surface area contributed by atoms with Crippen LogP contribution in [0.25, 0.3) is 55.6 Å². The molecular weight excluding hydrogens is 456 g/mol. The van der Waals surface area contributed by atoms with Crippen molar-refractivity contribution in [2.75, 3.05) is 0 Å². The Balaban J connectivity index is 1.45. The van der Waals surface area contributed by atoms with Crippen LogP contribution >= 0.6 is 0 Å². The summed E-state index contributed by atoms with van der Waals surface area (Å²) in [5.41, 5.74) is 14.9. The van der Waals surface area contributed by atoms with Crippen molar-refractivity contribution in [2.45, 2.75) is 13.8 Å². The Morgan fingerprint density at radius 3 is 1.00 bits per heavy atom. The van der Waals surface area contributed by atoms with Crippen LogP contribution in [0.3, 0.4) is 0 Å². The fourth-order valence-electron chi connectivity index (χ4n) is 5.16. The van der Waals surface area contributed by atoms with Crippen LogP contribution in [0.2, 0.25) is 0 Å². The van der Waals surface area contributed by atoms with Crippen LogP contribution in [0, 0.1) is 13.8 Å². The molecule has 0 atom stereocenters. The van der Waals surface area contributed by atoms with E-state index in [2.05, 4.69) is 159 Å². The molecule has 0 aliphatic heterocycles. The van der Waals surface area contributed by atoms with Gasteiger partial charge in [0.05, 0.1) is 0 Å². The van der Waals surface area contributed by atoms with E-state index in [1.165, 1.54) is 66.8 Å². The fourth-order valence-corrected chi connectivity index (χ4v) is 5.16. The van der Waals surface area contributed by atoms with Gasteiger partial charge in [-0.05, 0) is 81.6 Å². The van der Waals surface area contributed by atoms with Crippen LogP contribution < -0.4 is 0 Å². The minimum atomic E-state index is 1.22. The SMILES string of the molecule is Cc1ccc(-c2cccc(-c3ccccc3-c3ccccc3-c3cccc(-c4ccc(C)cc4)c3)c2)cc1. The molecule has 38 heavy (non-hydrogen) atoms. The number of aryl methyl sites for hydroxylation is 2. The largest absolute Gasteiger partial charge is 0.0616 e. The molecule has 0 N–H and O–H groups in total. The summed E-state index contributed by atoms with van der Waals surface area (Å²) >= 11 is 0. The summed E-state index contributed by atoms with van der Waals surface area (Å²) in [4.78, 5) is 0. The molecular formula is C38H30. The Hall–Kier alpha value is -4.68. The smallest absolute Gasteiger partial charge is 0.00992 e. The van der Waals surface area contributed by atoms with Crippen molar-refractivity contribution < 1.29 is 0 Å². The summed E-state index contributed by atoms with van der Waals surface area (Å²) in [5, 5.41) is 0. The minimum absolute atomic E-state index is 1.22. The quantitative estimate of drug-likeness (QED) is 0.227. The lowest BCUT2D eigenvalue weighted by molar-refractivity contribution is 1.47. The van der Waals surface area contributed by atoms with E-state index < -0.39 is 0 Å². The average molecular weight is 487 g/mol. The molecule has 0 radical (unpaired) electrons. The van der Waals surface area contributed by atoms with Gasteiger partial charge in [-0.15, -0.1) is 0 Å². The molecule has 6 aromatic carbocycles. The molecule has 0 nitrogen and oxygen atoms in total. The topological polar surface area (TPSA) is 0 Å². The second-order valence-corrected chi connectivity index (χ2v) is 9.98. The van der Waals surface area contributed by atoms with Gasteiger partial charge in [0.15, 0.2) is 0 Å². The van der Waals surface area contributed by atoms with Crippen LogP contribution in [-0.4, -0.2) is 0 Å².